The normalized spacial score (nSPS) is 12.4. The first-order chi connectivity index (χ1) is 9.49. The quantitative estimate of drug-likeness (QED) is 0.913. The molecule has 108 valence electrons. The molecule has 0 bridgehead atoms. The molecule has 2 N–H and O–H groups in total. The molecule has 0 amide bonds. The minimum atomic E-state index is 0.0563. The van der Waals surface area contributed by atoms with Crippen molar-refractivity contribution >= 4 is 11.3 Å². The molecule has 4 heteroatoms. The fourth-order valence-electron chi connectivity index (χ4n) is 2.26. The standard InChI is InChI=1S/C16H22N2OS/c1-10-6-5-7-11(2)15(10)19-9-8-14-18-13(4)16(20-14)12(3)17/h5-7,12H,8-9,17H2,1-4H3. The summed E-state index contributed by atoms with van der Waals surface area (Å²) in [7, 11) is 0. The summed E-state index contributed by atoms with van der Waals surface area (Å²) in [5, 5.41) is 1.10. The zero-order chi connectivity index (χ0) is 14.7. The van der Waals surface area contributed by atoms with Gasteiger partial charge in [0.15, 0.2) is 0 Å². The van der Waals surface area contributed by atoms with E-state index in [1.165, 1.54) is 16.0 Å². The van der Waals surface area contributed by atoms with Crippen molar-refractivity contribution in [2.24, 2.45) is 5.73 Å². The van der Waals surface area contributed by atoms with Gasteiger partial charge in [0.05, 0.1) is 17.3 Å². The first-order valence-electron chi connectivity index (χ1n) is 6.90. The van der Waals surface area contributed by atoms with E-state index in [1.807, 2.05) is 13.8 Å². The van der Waals surface area contributed by atoms with Crippen LogP contribution in [0.1, 0.15) is 39.7 Å². The lowest BCUT2D eigenvalue weighted by Gasteiger charge is -2.11. The molecule has 0 aliphatic rings. The molecular formula is C16H22N2OS. The van der Waals surface area contributed by atoms with E-state index in [0.717, 1.165) is 22.9 Å². The second kappa shape index (κ2) is 6.37. The number of thiazole rings is 1. The van der Waals surface area contributed by atoms with Crippen molar-refractivity contribution in [3.05, 3.63) is 44.9 Å². The molecule has 0 radical (unpaired) electrons. The second-order valence-corrected chi connectivity index (χ2v) is 6.28. The Morgan fingerprint density at radius 2 is 1.90 bits per heavy atom. The summed E-state index contributed by atoms with van der Waals surface area (Å²) >= 11 is 1.70. The van der Waals surface area contributed by atoms with Crippen LogP contribution in [0, 0.1) is 20.8 Å². The van der Waals surface area contributed by atoms with Crippen LogP contribution in [0.2, 0.25) is 0 Å². The van der Waals surface area contributed by atoms with Crippen molar-refractivity contribution in [3.63, 3.8) is 0 Å². The average Bonchev–Trinajstić information content (AvgIpc) is 2.74. The van der Waals surface area contributed by atoms with E-state index in [0.29, 0.717) is 6.61 Å². The summed E-state index contributed by atoms with van der Waals surface area (Å²) in [5.74, 6) is 0.994. The minimum Gasteiger partial charge on any atom is -0.493 e. The van der Waals surface area contributed by atoms with Crippen molar-refractivity contribution < 1.29 is 4.74 Å². The fourth-order valence-corrected chi connectivity index (χ4v) is 3.26. The van der Waals surface area contributed by atoms with E-state index < -0.39 is 0 Å². The van der Waals surface area contributed by atoms with E-state index in [1.54, 1.807) is 11.3 Å². The molecule has 0 aliphatic carbocycles. The Balaban J connectivity index is 1.98. The third-order valence-corrected chi connectivity index (χ3v) is 4.68. The SMILES string of the molecule is Cc1cccc(C)c1OCCc1nc(C)c(C(C)N)s1. The van der Waals surface area contributed by atoms with E-state index >= 15 is 0 Å². The Bertz CT molecular complexity index is 570. The smallest absolute Gasteiger partial charge is 0.125 e. The number of benzene rings is 1. The van der Waals surface area contributed by atoms with Gasteiger partial charge in [0.25, 0.3) is 0 Å². The molecule has 0 saturated carbocycles. The second-order valence-electron chi connectivity index (χ2n) is 5.17. The zero-order valence-electron chi connectivity index (χ0n) is 12.6. The van der Waals surface area contributed by atoms with E-state index in [-0.39, 0.29) is 6.04 Å². The van der Waals surface area contributed by atoms with Crippen LogP contribution in [-0.4, -0.2) is 11.6 Å². The van der Waals surface area contributed by atoms with Gasteiger partial charge in [-0.2, -0.15) is 0 Å². The van der Waals surface area contributed by atoms with Crippen molar-refractivity contribution in [2.75, 3.05) is 6.61 Å². The van der Waals surface area contributed by atoms with Gasteiger partial charge in [-0.05, 0) is 38.8 Å². The first-order valence-corrected chi connectivity index (χ1v) is 7.71. The maximum absolute atomic E-state index is 5.93. The summed E-state index contributed by atoms with van der Waals surface area (Å²) in [4.78, 5) is 5.74. The molecule has 2 rings (SSSR count). The lowest BCUT2D eigenvalue weighted by Crippen LogP contribution is -2.03. The maximum atomic E-state index is 5.93. The van der Waals surface area contributed by atoms with Gasteiger partial charge in [-0.1, -0.05) is 18.2 Å². The Morgan fingerprint density at radius 1 is 1.25 bits per heavy atom. The Morgan fingerprint density at radius 3 is 2.45 bits per heavy atom. The number of nitrogens with zero attached hydrogens (tertiary/aromatic N) is 1. The van der Waals surface area contributed by atoms with E-state index in [9.17, 15) is 0 Å². The Hall–Kier alpha value is -1.39. The Labute approximate surface area is 124 Å². The highest BCUT2D eigenvalue weighted by atomic mass is 32.1. The van der Waals surface area contributed by atoms with Crippen LogP contribution in [-0.2, 0) is 6.42 Å². The maximum Gasteiger partial charge on any atom is 0.125 e. The summed E-state index contributed by atoms with van der Waals surface area (Å²) in [6.07, 6.45) is 0.825. The van der Waals surface area contributed by atoms with Gasteiger partial charge in [-0.25, -0.2) is 4.98 Å². The van der Waals surface area contributed by atoms with Gasteiger partial charge in [-0.15, -0.1) is 11.3 Å². The number of aryl methyl sites for hydroxylation is 3. The highest BCUT2D eigenvalue weighted by Crippen LogP contribution is 2.25. The zero-order valence-corrected chi connectivity index (χ0v) is 13.4. The number of para-hydroxylation sites is 1. The highest BCUT2D eigenvalue weighted by Gasteiger charge is 2.11. The molecular weight excluding hydrogens is 268 g/mol. The predicted molar refractivity (Wildman–Crippen MR) is 84.6 cm³/mol. The van der Waals surface area contributed by atoms with Crippen LogP contribution in [0.25, 0.3) is 0 Å². The summed E-state index contributed by atoms with van der Waals surface area (Å²) in [5.41, 5.74) is 9.33. The van der Waals surface area contributed by atoms with Gasteiger partial charge in [0.2, 0.25) is 0 Å². The van der Waals surface area contributed by atoms with Crippen molar-refractivity contribution in [1.82, 2.24) is 4.98 Å². The number of hydrogen-bond acceptors (Lipinski definition) is 4. The number of nitrogens with two attached hydrogens (primary N) is 1. The lowest BCUT2D eigenvalue weighted by atomic mass is 10.1. The van der Waals surface area contributed by atoms with Gasteiger partial charge < -0.3 is 10.5 Å². The molecule has 3 nitrogen and oxygen atoms in total. The third-order valence-electron chi connectivity index (χ3n) is 3.26. The molecule has 1 aromatic heterocycles. The molecule has 2 aromatic rings. The van der Waals surface area contributed by atoms with E-state index in [2.05, 4.69) is 37.0 Å². The molecule has 1 heterocycles. The third kappa shape index (κ3) is 3.38. The highest BCUT2D eigenvalue weighted by molar-refractivity contribution is 7.11. The van der Waals surface area contributed by atoms with Crippen molar-refractivity contribution in [1.29, 1.82) is 0 Å². The fraction of sp³-hybridized carbons (Fsp3) is 0.438. The summed E-state index contributed by atoms with van der Waals surface area (Å²) < 4.78 is 5.92. The Kier molecular flexibility index (Phi) is 4.78. The first kappa shape index (κ1) is 15.0. The van der Waals surface area contributed by atoms with Crippen LogP contribution >= 0.6 is 11.3 Å². The molecule has 0 spiro atoms. The van der Waals surface area contributed by atoms with Crippen LogP contribution in [0.3, 0.4) is 0 Å². The predicted octanol–water partition coefficient (Wildman–Crippen LogP) is 3.71. The van der Waals surface area contributed by atoms with Gasteiger partial charge in [-0.3, -0.25) is 0 Å². The molecule has 1 aromatic carbocycles. The van der Waals surface area contributed by atoms with E-state index in [4.69, 9.17) is 10.5 Å². The molecule has 20 heavy (non-hydrogen) atoms. The van der Waals surface area contributed by atoms with Crippen molar-refractivity contribution in [3.8, 4) is 5.75 Å². The van der Waals surface area contributed by atoms with Gasteiger partial charge in [0.1, 0.15) is 5.75 Å². The minimum absolute atomic E-state index is 0.0563. The molecule has 1 atom stereocenters. The number of aromatic nitrogens is 1. The van der Waals surface area contributed by atoms with Crippen LogP contribution in [0.15, 0.2) is 18.2 Å². The summed E-state index contributed by atoms with van der Waals surface area (Å²) in [6, 6.07) is 6.26. The number of hydrogen-bond donors (Lipinski definition) is 1. The molecule has 0 aliphatic heterocycles. The molecule has 0 fully saturated rings. The van der Waals surface area contributed by atoms with Crippen LogP contribution in [0.5, 0.6) is 5.75 Å². The largest absolute Gasteiger partial charge is 0.493 e. The van der Waals surface area contributed by atoms with Gasteiger partial charge >= 0.3 is 0 Å². The van der Waals surface area contributed by atoms with Crippen LogP contribution in [0.4, 0.5) is 0 Å². The summed E-state index contributed by atoms with van der Waals surface area (Å²) in [6.45, 7) is 8.81. The number of ether oxygens (including phenoxy) is 1. The van der Waals surface area contributed by atoms with Crippen molar-refractivity contribution in [2.45, 2.75) is 40.2 Å². The average molecular weight is 290 g/mol. The molecule has 1 unspecified atom stereocenters. The number of rotatable bonds is 5. The van der Waals surface area contributed by atoms with Gasteiger partial charge in [0, 0.05) is 17.3 Å². The monoisotopic (exact) mass is 290 g/mol. The molecule has 0 saturated heterocycles. The topological polar surface area (TPSA) is 48.1 Å². The lowest BCUT2D eigenvalue weighted by molar-refractivity contribution is 0.317. The van der Waals surface area contributed by atoms with Crippen LogP contribution < -0.4 is 10.5 Å².